The van der Waals surface area contributed by atoms with Crippen LogP contribution in [-0.2, 0) is 70.4 Å². The maximum atomic E-state index is 14.7. The Balaban J connectivity index is 1.78. The molecule has 77 heavy (non-hydrogen) atoms. The number of aromatic hydroxyl groups is 1. The average molecular weight is 1110 g/mol. The molecule has 4 rings (SSSR count). The number of carbonyl (C=O) groups excluding carboxylic acids is 12. The monoisotopic (exact) mass is 1110 g/mol. The van der Waals surface area contributed by atoms with Crippen molar-refractivity contribution in [3.8, 4) is 5.75 Å². The van der Waals surface area contributed by atoms with Crippen molar-refractivity contribution in [2.45, 2.75) is 113 Å². The summed E-state index contributed by atoms with van der Waals surface area (Å²) >= 11 is 0. The third kappa shape index (κ3) is 20.9. The van der Waals surface area contributed by atoms with Crippen molar-refractivity contribution in [3.05, 3.63) is 65.7 Å². The number of primary amides is 3. The maximum absolute atomic E-state index is 14.7. The molecule has 0 saturated carbocycles. The second-order valence-electron chi connectivity index (χ2n) is 18.2. The predicted molar refractivity (Wildman–Crippen MR) is 282 cm³/mol. The van der Waals surface area contributed by atoms with Crippen LogP contribution in [0.4, 0.5) is 0 Å². The molecule has 0 radical (unpaired) electrons. The Morgan fingerprint density at radius 1 is 0.688 bits per heavy atom. The largest absolute Gasteiger partial charge is 0.508 e. The molecule has 19 N–H and O–H groups in total. The zero-order valence-corrected chi connectivity index (χ0v) is 43.8. The van der Waals surface area contributed by atoms with Gasteiger partial charge in [-0.05, 0) is 68.3 Å². The van der Waals surface area contributed by atoms with E-state index in [1.54, 1.807) is 30.3 Å². The van der Waals surface area contributed by atoms with Gasteiger partial charge >= 0.3 is 0 Å². The molecule has 420 valence electrons. The predicted octanol–water partition coefficient (Wildman–Crippen LogP) is -5.21. The Labute approximate surface area is 451 Å². The van der Waals surface area contributed by atoms with Gasteiger partial charge in [-0.2, -0.15) is 0 Å². The summed E-state index contributed by atoms with van der Waals surface area (Å²) in [6, 6.07) is 2.33. The van der Waals surface area contributed by atoms with Crippen LogP contribution in [-0.4, -0.2) is 167 Å². The highest BCUT2D eigenvalue weighted by Gasteiger charge is 2.41. The lowest BCUT2D eigenvalue weighted by Crippen LogP contribution is -2.61. The molecule has 2 fully saturated rings. The van der Waals surface area contributed by atoms with Crippen LogP contribution in [0.25, 0.3) is 0 Å². The van der Waals surface area contributed by atoms with Crippen LogP contribution in [0.3, 0.4) is 0 Å². The van der Waals surface area contributed by atoms with E-state index in [-0.39, 0.29) is 49.5 Å². The second kappa shape index (κ2) is 31.5. The van der Waals surface area contributed by atoms with Crippen LogP contribution in [0.5, 0.6) is 5.75 Å². The summed E-state index contributed by atoms with van der Waals surface area (Å²) in [5.74, 6) is -11.5. The third-order valence-corrected chi connectivity index (χ3v) is 14.6. The van der Waals surface area contributed by atoms with Crippen LogP contribution in [0, 0.1) is 0 Å². The molecule has 29 heteroatoms. The van der Waals surface area contributed by atoms with Crippen LogP contribution < -0.4 is 71.2 Å². The molecule has 0 bridgehead atoms. The van der Waals surface area contributed by atoms with Crippen molar-refractivity contribution >= 4 is 92.5 Å². The van der Waals surface area contributed by atoms with Crippen molar-refractivity contribution < 1.29 is 62.6 Å². The summed E-state index contributed by atoms with van der Waals surface area (Å²) in [4.78, 5) is 163. The molecule has 2 heterocycles. The molecule has 12 amide bonds. The number of nitrogens with one attached hydrogen (secondary N) is 8. The summed E-state index contributed by atoms with van der Waals surface area (Å²) in [6.45, 7) is -0.765. The number of amides is 12. The number of carbonyl (C=O) groups is 12. The third-order valence-electron chi connectivity index (χ3n) is 12.1. The van der Waals surface area contributed by atoms with Gasteiger partial charge in [-0.15, -0.1) is 0 Å². The van der Waals surface area contributed by atoms with Gasteiger partial charge in [0.1, 0.15) is 54.1 Å². The van der Waals surface area contributed by atoms with Crippen LogP contribution >= 0.6 is 21.6 Å². The molecule has 2 aromatic carbocycles. The van der Waals surface area contributed by atoms with Gasteiger partial charge in [0.05, 0.1) is 19.5 Å². The Bertz CT molecular complexity index is 2440. The smallest absolute Gasteiger partial charge is 0.246 e. The fourth-order valence-electron chi connectivity index (χ4n) is 8.14. The molecule has 0 unspecified atom stereocenters. The van der Waals surface area contributed by atoms with E-state index < -0.39 is 152 Å². The first kappa shape index (κ1) is 62.0. The number of hydrogen-bond acceptors (Lipinski definition) is 17. The zero-order chi connectivity index (χ0) is 56.6. The van der Waals surface area contributed by atoms with Crippen molar-refractivity contribution in [2.24, 2.45) is 28.7 Å². The number of phenols is 1. The van der Waals surface area contributed by atoms with Gasteiger partial charge in [0.2, 0.25) is 70.9 Å². The molecule has 0 aromatic heterocycles. The van der Waals surface area contributed by atoms with E-state index in [9.17, 15) is 62.6 Å². The second-order valence-corrected chi connectivity index (χ2v) is 20.7. The standard InChI is InChI=1S/C48H68N14O13S2/c49-17-5-4-9-29(41(68)54-23-39(53)66)57-47(74)36-10-6-18-62(36)48(75)35-25-77-76-24-34(55-40(67)22-50)46(73)59-32(20-27-11-13-28(63)14-12-27)44(71)58-31(19-26-7-2-1-3-8-26)43(70)56-30(15-16-37(51)64)42(69)60-33(21-38(52)65)45(72)61-35/h1-3,7-8,11-14,29-36,63H,4-6,9-10,15-25,49-50H2,(H2,51,64)(H2,52,65)(H2,53,66)(H,54,68)(H,55,67)(H,56,70)(H,57,74)(H,58,71)(H,59,73)(H,60,69)(H,61,72)/t29-,30-,31-,32-,33-,34-,35-,36-/m0/s1. The summed E-state index contributed by atoms with van der Waals surface area (Å²) in [7, 11) is 1.88. The normalized spacial score (nSPS) is 22.3. The van der Waals surface area contributed by atoms with Crippen LogP contribution in [0.1, 0.15) is 62.5 Å². The van der Waals surface area contributed by atoms with E-state index in [2.05, 4.69) is 42.5 Å². The van der Waals surface area contributed by atoms with E-state index in [1.165, 1.54) is 29.2 Å². The summed E-state index contributed by atoms with van der Waals surface area (Å²) < 4.78 is 0. The first-order valence-electron chi connectivity index (χ1n) is 24.7. The van der Waals surface area contributed by atoms with E-state index >= 15 is 0 Å². The minimum Gasteiger partial charge on any atom is -0.508 e. The molecule has 2 aliphatic rings. The molecular formula is C48H68N14O13S2. The molecule has 0 aliphatic carbocycles. The Kier molecular flexibility index (Phi) is 25.4. The first-order valence-corrected chi connectivity index (χ1v) is 27.2. The highest BCUT2D eigenvalue weighted by Crippen LogP contribution is 2.26. The molecule has 2 aliphatic heterocycles. The van der Waals surface area contributed by atoms with Gasteiger partial charge in [0, 0.05) is 37.3 Å². The minimum atomic E-state index is -1.82. The Hall–Kier alpha value is -7.50. The topological polar surface area (TPSA) is 455 Å². The lowest BCUT2D eigenvalue weighted by atomic mass is 10.0. The fraction of sp³-hybridized carbons (Fsp3) is 0.500. The first-order chi connectivity index (χ1) is 36.7. The lowest BCUT2D eigenvalue weighted by molar-refractivity contribution is -0.142. The molecule has 27 nitrogen and oxygen atoms in total. The number of unbranched alkanes of at least 4 members (excludes halogenated alkanes) is 1. The number of phenolic OH excluding ortho intramolecular Hbond substituents is 1. The number of nitrogens with two attached hydrogens (primary N) is 5. The van der Waals surface area contributed by atoms with Gasteiger partial charge in [0.15, 0.2) is 0 Å². The van der Waals surface area contributed by atoms with Crippen molar-refractivity contribution in [1.29, 1.82) is 0 Å². The van der Waals surface area contributed by atoms with Crippen molar-refractivity contribution in [3.63, 3.8) is 0 Å². The van der Waals surface area contributed by atoms with Gasteiger partial charge in [0.25, 0.3) is 0 Å². The number of benzene rings is 2. The lowest BCUT2D eigenvalue weighted by Gasteiger charge is -2.31. The molecule has 8 atom stereocenters. The van der Waals surface area contributed by atoms with Crippen LogP contribution in [0.2, 0.25) is 0 Å². The quantitative estimate of drug-likeness (QED) is 0.0410. The number of rotatable bonds is 21. The van der Waals surface area contributed by atoms with Gasteiger partial charge in [-0.3, -0.25) is 57.5 Å². The molecular weight excluding hydrogens is 1040 g/mol. The fourth-order valence-corrected chi connectivity index (χ4v) is 10.5. The molecule has 2 saturated heterocycles. The Morgan fingerprint density at radius 2 is 1.27 bits per heavy atom. The average Bonchev–Trinajstić information content (AvgIpc) is 3.89. The van der Waals surface area contributed by atoms with Crippen LogP contribution in [0.15, 0.2) is 54.6 Å². The number of likely N-dealkylation sites (tertiary alicyclic amines) is 1. The number of nitrogens with zero attached hydrogens (tertiary/aromatic N) is 1. The zero-order valence-electron chi connectivity index (χ0n) is 42.1. The van der Waals surface area contributed by atoms with Crippen molar-refractivity contribution in [2.75, 3.05) is 37.7 Å². The highest BCUT2D eigenvalue weighted by atomic mass is 33.1. The summed E-state index contributed by atoms with van der Waals surface area (Å²) in [5.41, 5.74) is 28.5. The maximum Gasteiger partial charge on any atom is 0.246 e. The van der Waals surface area contributed by atoms with Gasteiger partial charge < -0.3 is 81.2 Å². The van der Waals surface area contributed by atoms with E-state index in [0.717, 1.165) is 21.6 Å². The highest BCUT2D eigenvalue weighted by molar-refractivity contribution is 8.76. The minimum absolute atomic E-state index is 0.00692. The van der Waals surface area contributed by atoms with E-state index in [4.69, 9.17) is 28.7 Å². The number of hydrogen-bond donors (Lipinski definition) is 14. The molecule has 2 aromatic rings. The van der Waals surface area contributed by atoms with E-state index in [1.807, 2.05) is 0 Å². The van der Waals surface area contributed by atoms with Gasteiger partial charge in [-0.25, -0.2) is 0 Å². The van der Waals surface area contributed by atoms with E-state index in [0.29, 0.717) is 36.9 Å². The van der Waals surface area contributed by atoms with Crippen molar-refractivity contribution in [1.82, 2.24) is 47.4 Å². The van der Waals surface area contributed by atoms with Gasteiger partial charge in [-0.1, -0.05) is 64.1 Å². The Morgan fingerprint density at radius 3 is 1.88 bits per heavy atom. The summed E-state index contributed by atoms with van der Waals surface area (Å²) in [5, 5.41) is 30.3. The summed E-state index contributed by atoms with van der Waals surface area (Å²) in [6.07, 6.45) is -0.732. The SMILES string of the molecule is NCCCC[C@H](NC(=O)[C@@H]1CCCN1C(=O)[C@@H]1CSSC[C@H](NC(=O)CN)C(=O)N[C@@H](Cc2ccc(O)cc2)C(=O)N[C@@H](Cc2ccccc2)C(=O)N[C@@H](CCC(N)=O)C(=O)N[C@@H](CC(N)=O)C(=O)N1)C(=O)NCC(N)=O. The molecule has 0 spiro atoms.